The van der Waals surface area contributed by atoms with Gasteiger partial charge in [-0.3, -0.25) is 4.90 Å². The fourth-order valence-corrected chi connectivity index (χ4v) is 3.43. The SMILES string of the molecule is CN(C)CC1CCCN1CCC1(CN)CCC1. The molecule has 3 heteroatoms. The van der Waals surface area contributed by atoms with Gasteiger partial charge < -0.3 is 10.6 Å². The summed E-state index contributed by atoms with van der Waals surface area (Å²) in [6.07, 6.45) is 8.24. The predicted octanol–water partition coefficient (Wildman–Crippen LogP) is 1.53. The van der Waals surface area contributed by atoms with Gasteiger partial charge in [0.1, 0.15) is 0 Å². The third kappa shape index (κ3) is 3.21. The average molecular weight is 239 g/mol. The van der Waals surface area contributed by atoms with Crippen LogP contribution >= 0.6 is 0 Å². The highest BCUT2D eigenvalue weighted by Crippen LogP contribution is 2.43. The number of likely N-dealkylation sites (N-methyl/N-ethyl adjacent to an activating group) is 1. The molecule has 100 valence electrons. The Labute approximate surface area is 106 Å². The van der Waals surface area contributed by atoms with E-state index >= 15 is 0 Å². The highest BCUT2D eigenvalue weighted by Gasteiger charge is 2.36. The lowest BCUT2D eigenvalue weighted by molar-refractivity contribution is 0.0980. The van der Waals surface area contributed by atoms with Crippen molar-refractivity contribution in [3.05, 3.63) is 0 Å². The molecule has 0 aromatic rings. The van der Waals surface area contributed by atoms with Crippen molar-refractivity contribution in [2.24, 2.45) is 11.1 Å². The van der Waals surface area contributed by atoms with Gasteiger partial charge in [-0.05, 0) is 71.2 Å². The van der Waals surface area contributed by atoms with E-state index in [0.29, 0.717) is 5.41 Å². The van der Waals surface area contributed by atoms with Crippen LogP contribution in [0.5, 0.6) is 0 Å². The molecule has 2 fully saturated rings. The van der Waals surface area contributed by atoms with E-state index in [1.807, 2.05) is 0 Å². The minimum atomic E-state index is 0.519. The highest BCUT2D eigenvalue weighted by atomic mass is 15.2. The van der Waals surface area contributed by atoms with E-state index in [2.05, 4.69) is 23.9 Å². The normalized spacial score (nSPS) is 28.6. The molecule has 2 aliphatic rings. The zero-order chi connectivity index (χ0) is 12.3. The smallest absolute Gasteiger partial charge is 0.0223 e. The highest BCUT2D eigenvalue weighted by molar-refractivity contribution is 4.91. The van der Waals surface area contributed by atoms with Crippen LogP contribution in [-0.4, -0.2) is 56.1 Å². The summed E-state index contributed by atoms with van der Waals surface area (Å²) < 4.78 is 0. The van der Waals surface area contributed by atoms with Gasteiger partial charge in [0.15, 0.2) is 0 Å². The van der Waals surface area contributed by atoms with Crippen molar-refractivity contribution >= 4 is 0 Å². The van der Waals surface area contributed by atoms with E-state index in [1.54, 1.807) is 0 Å². The van der Waals surface area contributed by atoms with Crippen molar-refractivity contribution in [3.63, 3.8) is 0 Å². The summed E-state index contributed by atoms with van der Waals surface area (Å²) in [5.74, 6) is 0. The third-order valence-electron chi connectivity index (χ3n) is 4.85. The molecule has 1 aliphatic heterocycles. The molecule has 1 heterocycles. The summed E-state index contributed by atoms with van der Waals surface area (Å²) in [4.78, 5) is 5.03. The number of nitrogens with zero attached hydrogens (tertiary/aromatic N) is 2. The fraction of sp³-hybridized carbons (Fsp3) is 1.00. The molecule has 0 aromatic heterocycles. The summed E-state index contributed by atoms with van der Waals surface area (Å²) in [7, 11) is 4.37. The van der Waals surface area contributed by atoms with E-state index in [4.69, 9.17) is 5.73 Å². The van der Waals surface area contributed by atoms with Crippen LogP contribution in [0.3, 0.4) is 0 Å². The molecule has 1 saturated carbocycles. The molecule has 17 heavy (non-hydrogen) atoms. The molecule has 1 unspecified atom stereocenters. The molecule has 0 spiro atoms. The average Bonchev–Trinajstić information content (AvgIpc) is 2.64. The summed E-state index contributed by atoms with van der Waals surface area (Å²) >= 11 is 0. The van der Waals surface area contributed by atoms with Crippen LogP contribution < -0.4 is 5.73 Å². The van der Waals surface area contributed by atoms with Crippen molar-refractivity contribution in [1.82, 2.24) is 9.80 Å². The number of likely N-dealkylation sites (tertiary alicyclic amines) is 1. The summed E-state index contributed by atoms with van der Waals surface area (Å²) in [5, 5.41) is 0. The zero-order valence-electron chi connectivity index (χ0n) is 11.6. The van der Waals surface area contributed by atoms with Crippen LogP contribution in [0.15, 0.2) is 0 Å². The lowest BCUT2D eigenvalue weighted by atomic mass is 9.66. The van der Waals surface area contributed by atoms with E-state index in [9.17, 15) is 0 Å². The summed E-state index contributed by atoms with van der Waals surface area (Å²) in [6, 6.07) is 0.792. The van der Waals surface area contributed by atoms with Crippen LogP contribution in [0.2, 0.25) is 0 Å². The van der Waals surface area contributed by atoms with Gasteiger partial charge >= 0.3 is 0 Å². The Balaban J connectivity index is 1.77. The quantitative estimate of drug-likeness (QED) is 0.763. The predicted molar refractivity (Wildman–Crippen MR) is 73.1 cm³/mol. The Kier molecular flexibility index (Phi) is 4.45. The molecule has 1 atom stereocenters. The molecule has 2 rings (SSSR count). The topological polar surface area (TPSA) is 32.5 Å². The monoisotopic (exact) mass is 239 g/mol. The Morgan fingerprint density at radius 3 is 2.59 bits per heavy atom. The maximum absolute atomic E-state index is 5.94. The third-order valence-corrected chi connectivity index (χ3v) is 4.85. The van der Waals surface area contributed by atoms with Crippen LogP contribution in [0.4, 0.5) is 0 Å². The summed E-state index contributed by atoms with van der Waals surface area (Å²) in [6.45, 7) is 4.70. The van der Waals surface area contributed by atoms with E-state index < -0.39 is 0 Å². The Bertz CT molecular complexity index is 230. The minimum Gasteiger partial charge on any atom is -0.330 e. The van der Waals surface area contributed by atoms with Gasteiger partial charge in [-0.2, -0.15) is 0 Å². The lowest BCUT2D eigenvalue weighted by Crippen LogP contribution is -2.43. The van der Waals surface area contributed by atoms with Gasteiger partial charge in [-0.25, -0.2) is 0 Å². The van der Waals surface area contributed by atoms with Crippen LogP contribution in [0.25, 0.3) is 0 Å². The molecule has 2 N–H and O–H groups in total. The molecule has 0 radical (unpaired) electrons. The Morgan fingerprint density at radius 2 is 2.06 bits per heavy atom. The Morgan fingerprint density at radius 1 is 1.29 bits per heavy atom. The molecule has 0 amide bonds. The lowest BCUT2D eigenvalue weighted by Gasteiger charge is -2.42. The second-order valence-corrected chi connectivity index (χ2v) is 6.40. The first-order chi connectivity index (χ1) is 8.15. The van der Waals surface area contributed by atoms with Crippen LogP contribution in [0.1, 0.15) is 38.5 Å². The maximum atomic E-state index is 5.94. The number of hydrogen-bond donors (Lipinski definition) is 1. The largest absolute Gasteiger partial charge is 0.330 e. The van der Waals surface area contributed by atoms with Crippen LogP contribution in [0, 0.1) is 5.41 Å². The zero-order valence-corrected chi connectivity index (χ0v) is 11.6. The van der Waals surface area contributed by atoms with Crippen molar-refractivity contribution in [2.45, 2.75) is 44.6 Å². The number of hydrogen-bond acceptors (Lipinski definition) is 3. The van der Waals surface area contributed by atoms with Gasteiger partial charge in [0.05, 0.1) is 0 Å². The molecule has 0 aromatic carbocycles. The van der Waals surface area contributed by atoms with Gasteiger partial charge in [-0.15, -0.1) is 0 Å². The van der Waals surface area contributed by atoms with Crippen molar-refractivity contribution in [3.8, 4) is 0 Å². The van der Waals surface area contributed by atoms with Crippen molar-refractivity contribution in [1.29, 1.82) is 0 Å². The van der Waals surface area contributed by atoms with Gasteiger partial charge in [0.2, 0.25) is 0 Å². The number of nitrogens with two attached hydrogens (primary N) is 1. The van der Waals surface area contributed by atoms with Gasteiger partial charge in [0.25, 0.3) is 0 Å². The first kappa shape index (κ1) is 13.3. The fourth-order valence-electron chi connectivity index (χ4n) is 3.43. The van der Waals surface area contributed by atoms with E-state index in [0.717, 1.165) is 12.6 Å². The summed E-state index contributed by atoms with van der Waals surface area (Å²) in [5.41, 5.74) is 6.46. The molecular formula is C14H29N3. The van der Waals surface area contributed by atoms with E-state index in [1.165, 1.54) is 58.2 Å². The van der Waals surface area contributed by atoms with Crippen LogP contribution in [-0.2, 0) is 0 Å². The van der Waals surface area contributed by atoms with Gasteiger partial charge in [-0.1, -0.05) is 6.42 Å². The first-order valence-corrected chi connectivity index (χ1v) is 7.24. The molecule has 1 saturated heterocycles. The maximum Gasteiger partial charge on any atom is 0.0223 e. The second-order valence-electron chi connectivity index (χ2n) is 6.40. The van der Waals surface area contributed by atoms with Gasteiger partial charge in [0, 0.05) is 12.6 Å². The molecule has 0 bridgehead atoms. The van der Waals surface area contributed by atoms with Crippen molar-refractivity contribution < 1.29 is 0 Å². The second kappa shape index (κ2) is 5.68. The van der Waals surface area contributed by atoms with E-state index in [-0.39, 0.29) is 0 Å². The molecule has 1 aliphatic carbocycles. The standard InChI is InChI=1S/C14H29N3/c1-16(2)11-13-5-3-9-17(13)10-8-14(12-15)6-4-7-14/h13H,3-12,15H2,1-2H3. The first-order valence-electron chi connectivity index (χ1n) is 7.24. The minimum absolute atomic E-state index is 0.519. The molecular weight excluding hydrogens is 210 g/mol. The Hall–Kier alpha value is -0.120. The number of rotatable bonds is 6. The molecule has 3 nitrogen and oxygen atoms in total. The van der Waals surface area contributed by atoms with Crippen molar-refractivity contribution in [2.75, 3.05) is 40.3 Å².